The third-order valence-electron chi connectivity index (χ3n) is 6.09. The van der Waals surface area contributed by atoms with E-state index in [0.717, 1.165) is 16.7 Å². The first-order valence-electron chi connectivity index (χ1n) is 9.65. The molecule has 2 amide bonds. The molecule has 4 atom stereocenters. The molecule has 2 aromatic rings. The SMILES string of the molecule is COC(=O)[C@]1(C)N[C@H](c2cccc(C)c2)[C@@H]2C(=O)N(c3ccc(C)cc3)C(=O)[C@@H]21. The van der Waals surface area contributed by atoms with Crippen LogP contribution >= 0.6 is 0 Å². The number of amides is 2. The quantitative estimate of drug-likeness (QED) is 0.642. The molecule has 2 aliphatic rings. The Morgan fingerprint density at radius 3 is 2.34 bits per heavy atom. The van der Waals surface area contributed by atoms with E-state index in [9.17, 15) is 14.4 Å². The fourth-order valence-corrected chi connectivity index (χ4v) is 4.64. The van der Waals surface area contributed by atoms with Crippen molar-refractivity contribution in [3.8, 4) is 0 Å². The second-order valence-corrected chi connectivity index (χ2v) is 8.08. The third-order valence-corrected chi connectivity index (χ3v) is 6.09. The molecule has 2 heterocycles. The predicted octanol–water partition coefficient (Wildman–Crippen LogP) is 2.69. The van der Waals surface area contributed by atoms with Crippen LogP contribution in [0.4, 0.5) is 5.69 Å². The van der Waals surface area contributed by atoms with Gasteiger partial charge in [0, 0.05) is 6.04 Å². The summed E-state index contributed by atoms with van der Waals surface area (Å²) in [6, 6.07) is 14.5. The first-order chi connectivity index (χ1) is 13.8. The largest absolute Gasteiger partial charge is 0.468 e. The summed E-state index contributed by atoms with van der Waals surface area (Å²) in [5.74, 6) is -2.74. The van der Waals surface area contributed by atoms with Crippen molar-refractivity contribution in [3.63, 3.8) is 0 Å². The lowest BCUT2D eigenvalue weighted by molar-refractivity contribution is -0.151. The smallest absolute Gasteiger partial charge is 0.326 e. The molecule has 1 N–H and O–H groups in total. The molecule has 150 valence electrons. The standard InChI is InChI=1S/C23H24N2O4/c1-13-8-10-16(11-9-13)25-20(26)17-18(21(25)27)23(3,22(28)29-4)24-19(17)15-7-5-6-14(2)12-15/h5-12,17-19,24H,1-4H3/t17-,18-,19-,23-/m1/s1. The summed E-state index contributed by atoms with van der Waals surface area (Å²) in [7, 11) is 1.29. The zero-order valence-electron chi connectivity index (χ0n) is 16.9. The van der Waals surface area contributed by atoms with Crippen LogP contribution < -0.4 is 10.2 Å². The number of imide groups is 1. The summed E-state index contributed by atoms with van der Waals surface area (Å²) in [6.07, 6.45) is 0. The molecule has 0 spiro atoms. The lowest BCUT2D eigenvalue weighted by Crippen LogP contribution is -2.54. The number of carbonyl (C=O) groups excluding carboxylic acids is 3. The Morgan fingerprint density at radius 1 is 1.03 bits per heavy atom. The molecule has 0 bridgehead atoms. The molecule has 0 saturated carbocycles. The van der Waals surface area contributed by atoms with Crippen LogP contribution in [0, 0.1) is 25.7 Å². The van der Waals surface area contributed by atoms with Crippen molar-refractivity contribution < 1.29 is 19.1 Å². The maximum Gasteiger partial charge on any atom is 0.326 e. The van der Waals surface area contributed by atoms with Crippen LogP contribution in [0.3, 0.4) is 0 Å². The molecule has 6 heteroatoms. The van der Waals surface area contributed by atoms with Gasteiger partial charge in [-0.15, -0.1) is 0 Å². The van der Waals surface area contributed by atoms with E-state index in [4.69, 9.17) is 4.74 Å². The number of fused-ring (bicyclic) bond motifs is 1. The molecule has 2 saturated heterocycles. The number of aryl methyl sites for hydroxylation is 2. The lowest BCUT2D eigenvalue weighted by Gasteiger charge is -2.28. The number of ether oxygens (including phenoxy) is 1. The van der Waals surface area contributed by atoms with Gasteiger partial charge in [0.1, 0.15) is 5.54 Å². The maximum absolute atomic E-state index is 13.5. The Bertz CT molecular complexity index is 1000. The van der Waals surface area contributed by atoms with Crippen molar-refractivity contribution in [2.24, 2.45) is 11.8 Å². The van der Waals surface area contributed by atoms with Crippen LogP contribution in [0.25, 0.3) is 0 Å². The second kappa shape index (κ2) is 6.81. The van der Waals surface area contributed by atoms with Gasteiger partial charge in [-0.05, 0) is 38.5 Å². The lowest BCUT2D eigenvalue weighted by atomic mass is 9.80. The highest BCUT2D eigenvalue weighted by atomic mass is 16.5. The zero-order valence-corrected chi connectivity index (χ0v) is 16.9. The van der Waals surface area contributed by atoms with E-state index in [1.165, 1.54) is 12.0 Å². The zero-order chi connectivity index (χ0) is 20.9. The molecular weight excluding hydrogens is 368 g/mol. The molecule has 0 aliphatic carbocycles. The first-order valence-corrected chi connectivity index (χ1v) is 9.65. The third kappa shape index (κ3) is 2.86. The van der Waals surface area contributed by atoms with Gasteiger partial charge in [-0.25, -0.2) is 4.90 Å². The highest BCUT2D eigenvalue weighted by Crippen LogP contribution is 2.50. The van der Waals surface area contributed by atoms with E-state index < -0.39 is 29.4 Å². The number of nitrogens with zero attached hydrogens (tertiary/aromatic N) is 1. The van der Waals surface area contributed by atoms with Crippen LogP contribution in [0.2, 0.25) is 0 Å². The second-order valence-electron chi connectivity index (χ2n) is 8.08. The summed E-state index contributed by atoms with van der Waals surface area (Å²) in [5.41, 5.74) is 2.18. The molecule has 0 radical (unpaired) electrons. The van der Waals surface area contributed by atoms with Gasteiger partial charge in [-0.1, -0.05) is 47.5 Å². The number of hydrogen-bond acceptors (Lipinski definition) is 5. The Hall–Kier alpha value is -2.99. The van der Waals surface area contributed by atoms with Gasteiger partial charge in [0.05, 0.1) is 24.6 Å². The number of methoxy groups -OCH3 is 1. The van der Waals surface area contributed by atoms with Crippen molar-refractivity contribution in [3.05, 3.63) is 65.2 Å². The Morgan fingerprint density at radius 2 is 1.72 bits per heavy atom. The predicted molar refractivity (Wildman–Crippen MR) is 108 cm³/mol. The average Bonchev–Trinajstić information content (AvgIpc) is 3.16. The van der Waals surface area contributed by atoms with Gasteiger partial charge in [0.15, 0.2) is 0 Å². The van der Waals surface area contributed by atoms with Gasteiger partial charge in [-0.2, -0.15) is 0 Å². The van der Waals surface area contributed by atoms with Crippen LogP contribution in [0.5, 0.6) is 0 Å². The number of anilines is 1. The summed E-state index contributed by atoms with van der Waals surface area (Å²) >= 11 is 0. The van der Waals surface area contributed by atoms with E-state index in [0.29, 0.717) is 5.69 Å². The highest BCUT2D eigenvalue weighted by Gasteiger charge is 2.67. The molecule has 0 aromatic heterocycles. The van der Waals surface area contributed by atoms with Gasteiger partial charge in [0.25, 0.3) is 0 Å². The number of nitrogens with one attached hydrogen (secondary N) is 1. The Labute approximate surface area is 169 Å². The molecule has 4 rings (SSSR count). The van der Waals surface area contributed by atoms with E-state index in [2.05, 4.69) is 5.32 Å². The normalized spacial score (nSPS) is 28.6. The fraction of sp³-hybridized carbons (Fsp3) is 0.348. The van der Waals surface area contributed by atoms with Crippen molar-refractivity contribution in [1.29, 1.82) is 0 Å². The number of esters is 1. The molecule has 29 heavy (non-hydrogen) atoms. The maximum atomic E-state index is 13.5. The van der Waals surface area contributed by atoms with Crippen molar-refractivity contribution in [2.45, 2.75) is 32.4 Å². The summed E-state index contributed by atoms with van der Waals surface area (Å²) in [4.78, 5) is 40.8. The summed E-state index contributed by atoms with van der Waals surface area (Å²) < 4.78 is 5.01. The van der Waals surface area contributed by atoms with E-state index >= 15 is 0 Å². The van der Waals surface area contributed by atoms with Gasteiger partial charge < -0.3 is 4.74 Å². The van der Waals surface area contributed by atoms with Crippen LogP contribution in [0.1, 0.15) is 29.7 Å². The number of rotatable bonds is 3. The minimum absolute atomic E-state index is 0.296. The number of carbonyl (C=O) groups is 3. The molecule has 6 nitrogen and oxygen atoms in total. The van der Waals surface area contributed by atoms with Gasteiger partial charge in [0.2, 0.25) is 11.8 Å². The van der Waals surface area contributed by atoms with Crippen molar-refractivity contribution in [1.82, 2.24) is 5.32 Å². The number of hydrogen-bond donors (Lipinski definition) is 1. The minimum Gasteiger partial charge on any atom is -0.468 e. The topological polar surface area (TPSA) is 75.7 Å². The van der Waals surface area contributed by atoms with Crippen LogP contribution in [-0.2, 0) is 19.1 Å². The minimum atomic E-state index is -1.29. The van der Waals surface area contributed by atoms with Crippen LogP contribution in [-0.4, -0.2) is 30.4 Å². The summed E-state index contributed by atoms with van der Waals surface area (Å²) in [5, 5.41) is 3.26. The molecular formula is C23H24N2O4. The summed E-state index contributed by atoms with van der Waals surface area (Å²) in [6.45, 7) is 5.56. The first kappa shape index (κ1) is 19.3. The fourth-order valence-electron chi connectivity index (χ4n) is 4.64. The van der Waals surface area contributed by atoms with E-state index in [1.807, 2.05) is 50.2 Å². The Kier molecular flexibility index (Phi) is 4.54. The number of benzene rings is 2. The van der Waals surface area contributed by atoms with Crippen molar-refractivity contribution in [2.75, 3.05) is 12.0 Å². The average molecular weight is 392 g/mol. The van der Waals surface area contributed by atoms with Gasteiger partial charge >= 0.3 is 5.97 Å². The van der Waals surface area contributed by atoms with Crippen molar-refractivity contribution >= 4 is 23.5 Å². The van der Waals surface area contributed by atoms with E-state index in [1.54, 1.807) is 19.1 Å². The molecule has 2 fully saturated rings. The highest BCUT2D eigenvalue weighted by molar-refractivity contribution is 6.24. The molecule has 2 aliphatic heterocycles. The molecule has 2 aromatic carbocycles. The van der Waals surface area contributed by atoms with E-state index in [-0.39, 0.29) is 11.8 Å². The Balaban J connectivity index is 1.83. The monoisotopic (exact) mass is 392 g/mol. The van der Waals surface area contributed by atoms with Crippen LogP contribution in [0.15, 0.2) is 48.5 Å². The molecule has 0 unspecified atom stereocenters. The van der Waals surface area contributed by atoms with Gasteiger partial charge in [-0.3, -0.25) is 19.7 Å².